The summed E-state index contributed by atoms with van der Waals surface area (Å²) in [7, 11) is 1.53. The lowest BCUT2D eigenvalue weighted by molar-refractivity contribution is -0.140. The molecular formula is C19H22F3N3O3. The molecule has 28 heavy (non-hydrogen) atoms. The van der Waals surface area contributed by atoms with Gasteiger partial charge in [0.25, 0.3) is 0 Å². The Kier molecular flexibility index (Phi) is 5.62. The average Bonchev–Trinajstić information content (AvgIpc) is 3.43. The minimum atomic E-state index is -4.47. The summed E-state index contributed by atoms with van der Waals surface area (Å²) in [5.74, 6) is -0.565. The Labute approximate surface area is 160 Å². The van der Waals surface area contributed by atoms with E-state index in [1.54, 1.807) is 0 Å². The van der Waals surface area contributed by atoms with E-state index < -0.39 is 17.8 Å². The fraction of sp³-hybridized carbons (Fsp3) is 0.526. The van der Waals surface area contributed by atoms with E-state index in [0.29, 0.717) is 0 Å². The summed E-state index contributed by atoms with van der Waals surface area (Å²) >= 11 is 0. The highest BCUT2D eigenvalue weighted by molar-refractivity contribution is 6.01. The zero-order valence-electron chi connectivity index (χ0n) is 15.5. The summed E-state index contributed by atoms with van der Waals surface area (Å²) in [6.07, 6.45) is -2.57. The molecule has 1 aliphatic heterocycles. The maximum absolute atomic E-state index is 13.2. The van der Waals surface area contributed by atoms with Gasteiger partial charge in [0, 0.05) is 32.6 Å². The first kappa shape index (κ1) is 20.2. The Morgan fingerprint density at radius 3 is 2.46 bits per heavy atom. The van der Waals surface area contributed by atoms with Gasteiger partial charge >= 0.3 is 12.2 Å². The molecule has 152 valence electrons. The van der Waals surface area contributed by atoms with Gasteiger partial charge in [-0.05, 0) is 30.9 Å². The number of hydrogen-bond donors (Lipinski definition) is 0. The summed E-state index contributed by atoms with van der Waals surface area (Å²) in [4.78, 5) is 40.1. The van der Waals surface area contributed by atoms with Crippen molar-refractivity contribution in [3.63, 3.8) is 0 Å². The molecule has 9 heteroatoms. The molecule has 4 amide bonds. The molecule has 1 saturated carbocycles. The molecule has 1 heterocycles. The second-order valence-electron chi connectivity index (χ2n) is 7.20. The van der Waals surface area contributed by atoms with Gasteiger partial charge in [-0.2, -0.15) is 13.2 Å². The van der Waals surface area contributed by atoms with Crippen LogP contribution in [0.4, 0.5) is 18.0 Å². The number of nitrogens with zero attached hydrogens (tertiary/aromatic N) is 3. The number of amides is 4. The lowest BCUT2D eigenvalue weighted by atomic mass is 10.1. The molecule has 3 rings (SSSR count). The third-order valence-electron chi connectivity index (χ3n) is 4.97. The number of halogens is 3. The van der Waals surface area contributed by atoms with Crippen molar-refractivity contribution in [2.24, 2.45) is 0 Å². The first-order valence-electron chi connectivity index (χ1n) is 9.18. The molecular weight excluding hydrogens is 375 g/mol. The first-order valence-corrected chi connectivity index (χ1v) is 9.18. The lowest BCUT2D eigenvalue weighted by Crippen LogP contribution is -2.35. The van der Waals surface area contributed by atoms with Crippen molar-refractivity contribution in [1.82, 2.24) is 14.7 Å². The van der Waals surface area contributed by atoms with Crippen LogP contribution in [0.25, 0.3) is 0 Å². The molecule has 2 aliphatic rings. The zero-order valence-corrected chi connectivity index (χ0v) is 15.5. The molecule has 0 N–H and O–H groups in total. The molecule has 0 unspecified atom stereocenters. The van der Waals surface area contributed by atoms with Crippen molar-refractivity contribution in [2.45, 2.75) is 44.4 Å². The Morgan fingerprint density at radius 1 is 1.21 bits per heavy atom. The fourth-order valence-corrected chi connectivity index (χ4v) is 3.35. The van der Waals surface area contributed by atoms with Crippen molar-refractivity contribution >= 4 is 17.8 Å². The number of urea groups is 1. The largest absolute Gasteiger partial charge is 0.416 e. The summed E-state index contributed by atoms with van der Waals surface area (Å²) in [5, 5.41) is 0. The lowest BCUT2D eigenvalue weighted by Gasteiger charge is -2.25. The van der Waals surface area contributed by atoms with Crippen LogP contribution < -0.4 is 0 Å². The number of benzene rings is 1. The van der Waals surface area contributed by atoms with Gasteiger partial charge < -0.3 is 9.80 Å². The first-order chi connectivity index (χ1) is 13.2. The highest BCUT2D eigenvalue weighted by Gasteiger charge is 2.37. The van der Waals surface area contributed by atoms with Gasteiger partial charge in [0.1, 0.15) is 6.54 Å². The summed E-state index contributed by atoms with van der Waals surface area (Å²) in [6, 6.07) is 4.83. The van der Waals surface area contributed by atoms with Crippen LogP contribution in [0.3, 0.4) is 0 Å². The Balaban J connectivity index is 1.61. The number of carbonyl (C=O) groups excluding carboxylic acids is 3. The van der Waals surface area contributed by atoms with Crippen LogP contribution in [0.5, 0.6) is 0 Å². The molecule has 0 aromatic heterocycles. The monoisotopic (exact) mass is 397 g/mol. The van der Waals surface area contributed by atoms with E-state index in [4.69, 9.17) is 0 Å². The molecule has 1 aliphatic carbocycles. The molecule has 0 spiro atoms. The van der Waals surface area contributed by atoms with E-state index in [1.165, 1.54) is 35.0 Å². The smallest absolute Gasteiger partial charge is 0.335 e. The highest BCUT2D eigenvalue weighted by Crippen LogP contribution is 2.35. The molecule has 0 radical (unpaired) electrons. The van der Waals surface area contributed by atoms with Crippen LogP contribution in [-0.4, -0.2) is 58.7 Å². The van der Waals surface area contributed by atoms with Crippen molar-refractivity contribution < 1.29 is 27.6 Å². The van der Waals surface area contributed by atoms with Crippen LogP contribution in [0, 0.1) is 0 Å². The fourth-order valence-electron chi connectivity index (χ4n) is 3.35. The van der Waals surface area contributed by atoms with Gasteiger partial charge in [-0.3, -0.25) is 14.5 Å². The average molecular weight is 397 g/mol. The molecule has 6 nitrogen and oxygen atoms in total. The summed E-state index contributed by atoms with van der Waals surface area (Å²) in [5.41, 5.74) is -0.661. The second kappa shape index (κ2) is 7.81. The van der Waals surface area contributed by atoms with Crippen LogP contribution in [-0.2, 0) is 22.3 Å². The predicted molar refractivity (Wildman–Crippen MR) is 94.0 cm³/mol. The van der Waals surface area contributed by atoms with Crippen LogP contribution in [0.2, 0.25) is 0 Å². The molecule has 1 aromatic carbocycles. The van der Waals surface area contributed by atoms with Gasteiger partial charge in [0.05, 0.1) is 5.56 Å². The Bertz CT molecular complexity index is 777. The van der Waals surface area contributed by atoms with Gasteiger partial charge in [0.15, 0.2) is 0 Å². The minimum Gasteiger partial charge on any atom is -0.335 e. The molecule has 1 aromatic rings. The van der Waals surface area contributed by atoms with Crippen molar-refractivity contribution in [1.29, 1.82) is 0 Å². The Morgan fingerprint density at radius 2 is 1.89 bits per heavy atom. The standard InChI is InChI=1S/C19H22F3N3O3/c1-23-12-17(27)24(18(23)28)10-4-7-16(26)25(14-8-9-14)11-13-5-2-3-6-15(13)19(20,21)22/h2-3,5-6,14H,4,7-12H2,1H3. The normalized spacial score (nSPS) is 17.4. The minimum absolute atomic E-state index is 0.0230. The van der Waals surface area contributed by atoms with E-state index in [0.717, 1.165) is 23.8 Å². The molecule has 0 bridgehead atoms. The number of imide groups is 1. The van der Waals surface area contributed by atoms with Gasteiger partial charge in [0.2, 0.25) is 11.8 Å². The highest BCUT2D eigenvalue weighted by atomic mass is 19.4. The van der Waals surface area contributed by atoms with E-state index >= 15 is 0 Å². The molecule has 1 saturated heterocycles. The van der Waals surface area contributed by atoms with Crippen molar-refractivity contribution in [3.8, 4) is 0 Å². The number of carbonyl (C=O) groups is 3. The quantitative estimate of drug-likeness (QED) is 0.665. The molecule has 2 fully saturated rings. The van der Waals surface area contributed by atoms with Gasteiger partial charge in [-0.15, -0.1) is 0 Å². The van der Waals surface area contributed by atoms with E-state index in [2.05, 4.69) is 0 Å². The number of likely N-dealkylation sites (N-methyl/N-ethyl adjacent to an activating group) is 1. The zero-order chi connectivity index (χ0) is 20.5. The predicted octanol–water partition coefficient (Wildman–Crippen LogP) is 2.87. The third kappa shape index (κ3) is 4.45. The summed E-state index contributed by atoms with van der Waals surface area (Å²) in [6.45, 7) is 0.0596. The summed E-state index contributed by atoms with van der Waals surface area (Å²) < 4.78 is 39.7. The van der Waals surface area contributed by atoms with E-state index in [1.807, 2.05) is 0 Å². The van der Waals surface area contributed by atoms with E-state index in [9.17, 15) is 27.6 Å². The number of alkyl halides is 3. The maximum Gasteiger partial charge on any atom is 0.416 e. The van der Waals surface area contributed by atoms with Crippen molar-refractivity contribution in [3.05, 3.63) is 35.4 Å². The van der Waals surface area contributed by atoms with Gasteiger partial charge in [-0.1, -0.05) is 18.2 Å². The Hall–Kier alpha value is -2.58. The maximum atomic E-state index is 13.2. The SMILES string of the molecule is CN1CC(=O)N(CCCC(=O)N(Cc2ccccc2C(F)(F)F)C2CC2)C1=O. The topological polar surface area (TPSA) is 60.9 Å². The molecule has 0 atom stereocenters. The van der Waals surface area contributed by atoms with E-state index in [-0.39, 0.29) is 55.9 Å². The van der Waals surface area contributed by atoms with Gasteiger partial charge in [-0.25, -0.2) is 4.79 Å². The van der Waals surface area contributed by atoms with Crippen molar-refractivity contribution in [2.75, 3.05) is 20.1 Å². The number of hydrogen-bond acceptors (Lipinski definition) is 3. The second-order valence-corrected chi connectivity index (χ2v) is 7.20. The van der Waals surface area contributed by atoms with Crippen LogP contribution in [0.1, 0.15) is 36.8 Å². The van der Waals surface area contributed by atoms with Crippen LogP contribution in [0.15, 0.2) is 24.3 Å². The third-order valence-corrected chi connectivity index (χ3v) is 4.97. The number of rotatable bonds is 7. The van der Waals surface area contributed by atoms with Crippen LogP contribution >= 0.6 is 0 Å².